The van der Waals surface area contributed by atoms with E-state index in [4.69, 9.17) is 0 Å². The van der Waals surface area contributed by atoms with E-state index in [9.17, 15) is 18.5 Å². The van der Waals surface area contributed by atoms with E-state index in [0.29, 0.717) is 31.8 Å². The van der Waals surface area contributed by atoms with Crippen LogP contribution in [0.1, 0.15) is 51.0 Å². The molecule has 33 heavy (non-hydrogen) atoms. The molecule has 1 unspecified atom stereocenters. The summed E-state index contributed by atoms with van der Waals surface area (Å²) in [4.78, 5) is 17.9. The lowest BCUT2D eigenvalue weighted by Crippen LogP contribution is -2.49. The Bertz CT molecular complexity index is 974. The van der Waals surface area contributed by atoms with Gasteiger partial charge < -0.3 is 9.80 Å². The zero-order valence-corrected chi connectivity index (χ0v) is 20.5. The first-order valence-corrected chi connectivity index (χ1v) is 13.8. The van der Waals surface area contributed by atoms with Gasteiger partial charge >= 0.3 is 0 Å². The van der Waals surface area contributed by atoms with E-state index in [1.807, 2.05) is 11.0 Å². The van der Waals surface area contributed by atoms with Crippen molar-refractivity contribution in [2.24, 2.45) is 17.8 Å². The number of nitriles is 1. The van der Waals surface area contributed by atoms with Crippen molar-refractivity contribution in [3.05, 3.63) is 29.8 Å². The van der Waals surface area contributed by atoms with Gasteiger partial charge in [-0.2, -0.15) is 9.57 Å². The SMILES string of the molecule is CC1CCN(CC2CCCN(C(=O)C3CCN(S(=O)(=O)c4ccccc4C#N)CC3)C2)CC1. The minimum Gasteiger partial charge on any atom is -0.342 e. The van der Waals surface area contributed by atoms with Crippen molar-refractivity contribution >= 4 is 15.9 Å². The van der Waals surface area contributed by atoms with Crippen LogP contribution < -0.4 is 0 Å². The smallest absolute Gasteiger partial charge is 0.244 e. The summed E-state index contributed by atoms with van der Waals surface area (Å²) in [6.07, 6.45) is 5.87. The third kappa shape index (κ3) is 5.59. The second-order valence-corrected chi connectivity index (χ2v) is 12.0. The normalized spacial score (nSPS) is 24.5. The van der Waals surface area contributed by atoms with Crippen LogP contribution in [0.4, 0.5) is 0 Å². The van der Waals surface area contributed by atoms with E-state index in [-0.39, 0.29) is 22.3 Å². The molecular weight excluding hydrogens is 436 g/mol. The molecule has 180 valence electrons. The first kappa shape index (κ1) is 24.2. The fourth-order valence-electron chi connectivity index (χ4n) is 5.55. The Balaban J connectivity index is 1.31. The molecule has 8 heteroatoms. The van der Waals surface area contributed by atoms with Gasteiger partial charge in [-0.15, -0.1) is 0 Å². The van der Waals surface area contributed by atoms with Crippen LogP contribution >= 0.6 is 0 Å². The van der Waals surface area contributed by atoms with Crippen molar-refractivity contribution in [2.75, 3.05) is 45.8 Å². The molecule has 0 aliphatic carbocycles. The highest BCUT2D eigenvalue weighted by atomic mass is 32.2. The lowest BCUT2D eigenvalue weighted by molar-refractivity contribution is -0.138. The zero-order chi connectivity index (χ0) is 23.4. The van der Waals surface area contributed by atoms with E-state index in [0.717, 1.165) is 32.0 Å². The molecule has 0 bridgehead atoms. The summed E-state index contributed by atoms with van der Waals surface area (Å²) in [5.41, 5.74) is 0.165. The molecule has 0 saturated carbocycles. The molecule has 3 saturated heterocycles. The fourth-order valence-corrected chi connectivity index (χ4v) is 7.16. The summed E-state index contributed by atoms with van der Waals surface area (Å²) in [6.45, 7) is 8.06. The average Bonchev–Trinajstić information content (AvgIpc) is 2.85. The van der Waals surface area contributed by atoms with Crippen molar-refractivity contribution < 1.29 is 13.2 Å². The molecule has 0 N–H and O–H groups in total. The first-order chi connectivity index (χ1) is 15.9. The number of hydrogen-bond donors (Lipinski definition) is 0. The summed E-state index contributed by atoms with van der Waals surface area (Å²) in [7, 11) is -3.73. The summed E-state index contributed by atoms with van der Waals surface area (Å²) in [5, 5.41) is 9.29. The molecule has 1 atom stereocenters. The highest BCUT2D eigenvalue weighted by Gasteiger charge is 2.36. The van der Waals surface area contributed by atoms with Gasteiger partial charge in [-0.1, -0.05) is 19.1 Å². The van der Waals surface area contributed by atoms with Gasteiger partial charge in [0.1, 0.15) is 6.07 Å². The van der Waals surface area contributed by atoms with Gasteiger partial charge in [-0.3, -0.25) is 4.79 Å². The predicted octanol–water partition coefficient (Wildman–Crippen LogP) is 2.93. The third-order valence-electron chi connectivity index (χ3n) is 7.65. The minimum absolute atomic E-state index is 0.0586. The monoisotopic (exact) mass is 472 g/mol. The Morgan fingerprint density at radius 2 is 1.73 bits per heavy atom. The highest BCUT2D eigenvalue weighted by molar-refractivity contribution is 7.89. The van der Waals surface area contributed by atoms with Crippen LogP contribution in [0.5, 0.6) is 0 Å². The molecule has 1 aromatic rings. The van der Waals surface area contributed by atoms with E-state index in [2.05, 4.69) is 11.8 Å². The second-order valence-electron chi connectivity index (χ2n) is 10.1. The quantitative estimate of drug-likeness (QED) is 0.658. The summed E-state index contributed by atoms with van der Waals surface area (Å²) in [6, 6.07) is 8.30. The van der Waals surface area contributed by atoms with Crippen LogP contribution in [0, 0.1) is 29.1 Å². The maximum atomic E-state index is 13.3. The Morgan fingerprint density at radius 3 is 2.42 bits per heavy atom. The number of amides is 1. The number of benzene rings is 1. The van der Waals surface area contributed by atoms with Crippen LogP contribution in [0.15, 0.2) is 29.2 Å². The molecule has 1 amide bonds. The maximum Gasteiger partial charge on any atom is 0.244 e. The molecular formula is C25H36N4O3S. The van der Waals surface area contributed by atoms with Crippen LogP contribution in [-0.2, 0) is 14.8 Å². The van der Waals surface area contributed by atoms with E-state index in [1.54, 1.807) is 12.1 Å². The van der Waals surface area contributed by atoms with Crippen LogP contribution in [0.2, 0.25) is 0 Å². The minimum atomic E-state index is -3.73. The molecule has 3 aliphatic heterocycles. The molecule has 7 nitrogen and oxygen atoms in total. The van der Waals surface area contributed by atoms with Crippen LogP contribution in [-0.4, -0.2) is 74.2 Å². The molecule has 4 rings (SSSR count). The number of likely N-dealkylation sites (tertiary alicyclic amines) is 2. The van der Waals surface area contributed by atoms with Crippen molar-refractivity contribution in [2.45, 2.75) is 50.3 Å². The Kier molecular flexibility index (Phi) is 7.72. The topological polar surface area (TPSA) is 84.7 Å². The van der Waals surface area contributed by atoms with Crippen molar-refractivity contribution in [3.63, 3.8) is 0 Å². The Morgan fingerprint density at radius 1 is 1.03 bits per heavy atom. The fraction of sp³-hybridized carbons (Fsp3) is 0.680. The largest absolute Gasteiger partial charge is 0.342 e. The highest BCUT2D eigenvalue weighted by Crippen LogP contribution is 2.28. The molecule has 1 aromatic carbocycles. The van der Waals surface area contributed by atoms with Crippen molar-refractivity contribution in [3.8, 4) is 6.07 Å². The molecule has 3 heterocycles. The van der Waals surface area contributed by atoms with Gasteiger partial charge in [0.25, 0.3) is 0 Å². The van der Waals surface area contributed by atoms with Crippen molar-refractivity contribution in [1.82, 2.24) is 14.1 Å². The van der Waals surface area contributed by atoms with Gasteiger partial charge in [-0.05, 0) is 75.6 Å². The number of nitrogens with zero attached hydrogens (tertiary/aromatic N) is 4. The van der Waals surface area contributed by atoms with Crippen LogP contribution in [0.3, 0.4) is 0 Å². The maximum absolute atomic E-state index is 13.3. The molecule has 3 fully saturated rings. The molecule has 3 aliphatic rings. The zero-order valence-electron chi connectivity index (χ0n) is 19.7. The number of carbonyl (C=O) groups excluding carboxylic acids is 1. The Hall–Kier alpha value is -1.95. The third-order valence-corrected chi connectivity index (χ3v) is 9.61. The summed E-state index contributed by atoms with van der Waals surface area (Å²) < 4.78 is 27.6. The lowest BCUT2D eigenvalue weighted by Gasteiger charge is -2.40. The Labute approximate surface area is 198 Å². The van der Waals surface area contributed by atoms with E-state index < -0.39 is 10.0 Å². The van der Waals surface area contributed by atoms with Gasteiger partial charge in [-0.25, -0.2) is 8.42 Å². The van der Waals surface area contributed by atoms with E-state index in [1.165, 1.54) is 48.8 Å². The predicted molar refractivity (Wildman–Crippen MR) is 127 cm³/mol. The molecule has 0 radical (unpaired) electrons. The standard InChI is InChI=1S/C25H36N4O3S/c1-20-8-13-27(14-9-20)18-21-5-4-12-28(19-21)25(30)22-10-15-29(16-11-22)33(31,32)24-7-3-2-6-23(24)17-26/h2-3,6-7,20-22H,4-5,8-16,18-19H2,1H3. The summed E-state index contributed by atoms with van der Waals surface area (Å²) in [5.74, 6) is 1.45. The number of rotatable bonds is 5. The second kappa shape index (κ2) is 10.5. The summed E-state index contributed by atoms with van der Waals surface area (Å²) >= 11 is 0. The number of carbonyl (C=O) groups is 1. The van der Waals surface area contributed by atoms with Gasteiger partial charge in [0.05, 0.1) is 10.5 Å². The lowest BCUT2D eigenvalue weighted by atomic mass is 9.91. The number of sulfonamides is 1. The van der Waals surface area contributed by atoms with Gasteiger partial charge in [0, 0.05) is 38.6 Å². The first-order valence-electron chi connectivity index (χ1n) is 12.4. The molecule has 0 aromatic heterocycles. The van der Waals surface area contributed by atoms with Gasteiger partial charge in [0.2, 0.25) is 15.9 Å². The van der Waals surface area contributed by atoms with E-state index >= 15 is 0 Å². The van der Waals surface area contributed by atoms with Gasteiger partial charge in [0.15, 0.2) is 0 Å². The number of hydrogen-bond acceptors (Lipinski definition) is 5. The van der Waals surface area contributed by atoms with Crippen molar-refractivity contribution in [1.29, 1.82) is 5.26 Å². The molecule has 0 spiro atoms. The average molecular weight is 473 g/mol. The van der Waals surface area contributed by atoms with Crippen LogP contribution in [0.25, 0.3) is 0 Å². The number of piperidine rings is 3.